The van der Waals surface area contributed by atoms with E-state index in [0.29, 0.717) is 18.6 Å². The van der Waals surface area contributed by atoms with Crippen LogP contribution in [0.3, 0.4) is 0 Å². The number of ether oxygens (including phenoxy) is 1. The van der Waals surface area contributed by atoms with Crippen molar-refractivity contribution in [3.05, 3.63) is 23.7 Å². The second-order valence-corrected chi connectivity index (χ2v) is 5.51. The number of furan rings is 1. The van der Waals surface area contributed by atoms with E-state index < -0.39 is 0 Å². The first kappa shape index (κ1) is 17.3. The predicted octanol–water partition coefficient (Wildman–Crippen LogP) is 4.68. The van der Waals surface area contributed by atoms with E-state index in [0.717, 1.165) is 24.5 Å². The van der Waals surface area contributed by atoms with Gasteiger partial charge in [0.25, 0.3) is 0 Å². The van der Waals surface area contributed by atoms with Gasteiger partial charge in [0, 0.05) is 7.11 Å². The molecule has 3 nitrogen and oxygen atoms in total. The third-order valence-corrected chi connectivity index (χ3v) is 3.68. The van der Waals surface area contributed by atoms with Crippen molar-refractivity contribution in [2.24, 2.45) is 5.92 Å². The second-order valence-electron chi connectivity index (χ2n) is 5.51. The zero-order valence-corrected chi connectivity index (χ0v) is 13.6. The van der Waals surface area contributed by atoms with Crippen LogP contribution < -0.4 is 5.32 Å². The average molecular weight is 281 g/mol. The van der Waals surface area contributed by atoms with Gasteiger partial charge in [-0.1, -0.05) is 33.6 Å². The molecule has 0 aliphatic carbocycles. The Kier molecular flexibility index (Phi) is 8.63. The number of rotatable bonds is 11. The summed E-state index contributed by atoms with van der Waals surface area (Å²) in [5.74, 6) is 2.63. The molecule has 116 valence electrons. The summed E-state index contributed by atoms with van der Waals surface area (Å²) < 4.78 is 11.1. The Morgan fingerprint density at radius 1 is 1.10 bits per heavy atom. The molecule has 0 saturated heterocycles. The molecule has 1 rings (SSSR count). The van der Waals surface area contributed by atoms with E-state index in [-0.39, 0.29) is 0 Å². The fourth-order valence-electron chi connectivity index (χ4n) is 2.80. The van der Waals surface area contributed by atoms with Crippen molar-refractivity contribution in [2.75, 3.05) is 13.7 Å². The van der Waals surface area contributed by atoms with Crippen LogP contribution in [0.25, 0.3) is 0 Å². The number of nitrogens with one attached hydrogen (secondary N) is 1. The minimum atomic E-state index is 0.334. The summed E-state index contributed by atoms with van der Waals surface area (Å²) in [6, 6.07) is 4.48. The summed E-state index contributed by atoms with van der Waals surface area (Å²) >= 11 is 0. The SMILES string of the molecule is CCCNC(c1ccc(COC)o1)C(CCC)CCC. The van der Waals surface area contributed by atoms with E-state index >= 15 is 0 Å². The molecule has 0 fully saturated rings. The monoisotopic (exact) mass is 281 g/mol. The van der Waals surface area contributed by atoms with Crippen LogP contribution in [-0.2, 0) is 11.3 Å². The number of hydrogen-bond acceptors (Lipinski definition) is 3. The largest absolute Gasteiger partial charge is 0.462 e. The van der Waals surface area contributed by atoms with E-state index in [1.165, 1.54) is 25.7 Å². The van der Waals surface area contributed by atoms with Crippen LogP contribution in [0.2, 0.25) is 0 Å². The summed E-state index contributed by atoms with van der Waals surface area (Å²) in [6.07, 6.45) is 6.08. The van der Waals surface area contributed by atoms with Crippen molar-refractivity contribution in [2.45, 2.75) is 65.5 Å². The van der Waals surface area contributed by atoms with Crippen LogP contribution in [-0.4, -0.2) is 13.7 Å². The van der Waals surface area contributed by atoms with Crippen molar-refractivity contribution >= 4 is 0 Å². The lowest BCUT2D eigenvalue weighted by Crippen LogP contribution is -2.28. The summed E-state index contributed by atoms with van der Waals surface area (Å²) in [6.45, 7) is 8.31. The van der Waals surface area contributed by atoms with Crippen LogP contribution >= 0.6 is 0 Å². The lowest BCUT2D eigenvalue weighted by atomic mass is 9.89. The van der Waals surface area contributed by atoms with Crippen molar-refractivity contribution in [3.8, 4) is 0 Å². The third-order valence-electron chi connectivity index (χ3n) is 3.68. The molecule has 0 bridgehead atoms. The van der Waals surface area contributed by atoms with Gasteiger partial charge < -0.3 is 14.5 Å². The average Bonchev–Trinajstić information content (AvgIpc) is 2.88. The number of hydrogen-bond donors (Lipinski definition) is 1. The lowest BCUT2D eigenvalue weighted by Gasteiger charge is -2.26. The maximum absolute atomic E-state index is 5.97. The zero-order valence-electron chi connectivity index (χ0n) is 13.6. The Morgan fingerprint density at radius 3 is 2.35 bits per heavy atom. The highest BCUT2D eigenvalue weighted by Gasteiger charge is 2.24. The van der Waals surface area contributed by atoms with Crippen molar-refractivity contribution in [1.82, 2.24) is 5.32 Å². The molecule has 1 atom stereocenters. The Morgan fingerprint density at radius 2 is 1.80 bits per heavy atom. The van der Waals surface area contributed by atoms with Gasteiger partial charge in [-0.05, 0) is 43.9 Å². The van der Waals surface area contributed by atoms with Crippen LogP contribution in [0.1, 0.15) is 70.4 Å². The van der Waals surface area contributed by atoms with Gasteiger partial charge in [-0.25, -0.2) is 0 Å². The molecule has 1 aromatic heterocycles. The third kappa shape index (κ3) is 5.29. The quantitative estimate of drug-likeness (QED) is 0.639. The molecule has 1 heterocycles. The molecule has 0 spiro atoms. The van der Waals surface area contributed by atoms with Gasteiger partial charge in [0.15, 0.2) is 0 Å². The first-order valence-electron chi connectivity index (χ1n) is 8.07. The molecule has 3 heteroatoms. The molecule has 0 aromatic carbocycles. The molecule has 1 aromatic rings. The topological polar surface area (TPSA) is 34.4 Å². The molecule has 0 aliphatic heterocycles. The smallest absolute Gasteiger partial charge is 0.129 e. The molecule has 1 unspecified atom stereocenters. The van der Waals surface area contributed by atoms with Crippen LogP contribution in [0.15, 0.2) is 16.5 Å². The normalized spacial score (nSPS) is 13.1. The highest BCUT2D eigenvalue weighted by molar-refractivity contribution is 5.11. The van der Waals surface area contributed by atoms with Gasteiger partial charge in [-0.15, -0.1) is 0 Å². The van der Waals surface area contributed by atoms with Crippen LogP contribution in [0.4, 0.5) is 0 Å². The summed E-state index contributed by atoms with van der Waals surface area (Å²) in [5.41, 5.74) is 0. The minimum Gasteiger partial charge on any atom is -0.462 e. The molecule has 0 saturated carbocycles. The fraction of sp³-hybridized carbons (Fsp3) is 0.765. The molecule has 1 N–H and O–H groups in total. The Hall–Kier alpha value is -0.800. The lowest BCUT2D eigenvalue weighted by molar-refractivity contribution is 0.159. The second kappa shape index (κ2) is 10.0. The summed E-state index contributed by atoms with van der Waals surface area (Å²) in [7, 11) is 1.70. The van der Waals surface area contributed by atoms with Crippen molar-refractivity contribution < 1.29 is 9.15 Å². The molecular weight excluding hydrogens is 250 g/mol. The first-order chi connectivity index (χ1) is 9.76. The van der Waals surface area contributed by atoms with Crippen molar-refractivity contribution in [1.29, 1.82) is 0 Å². The fourth-order valence-corrected chi connectivity index (χ4v) is 2.80. The van der Waals surface area contributed by atoms with Gasteiger partial charge in [0.2, 0.25) is 0 Å². The first-order valence-corrected chi connectivity index (χ1v) is 8.07. The molecule has 0 radical (unpaired) electrons. The van der Waals surface area contributed by atoms with E-state index in [9.17, 15) is 0 Å². The van der Waals surface area contributed by atoms with Gasteiger partial charge >= 0.3 is 0 Å². The van der Waals surface area contributed by atoms with Gasteiger partial charge in [-0.2, -0.15) is 0 Å². The zero-order chi connectivity index (χ0) is 14.8. The van der Waals surface area contributed by atoms with E-state index in [1.54, 1.807) is 7.11 Å². The summed E-state index contributed by atoms with van der Waals surface area (Å²) in [4.78, 5) is 0. The molecule has 20 heavy (non-hydrogen) atoms. The van der Waals surface area contributed by atoms with Crippen LogP contribution in [0, 0.1) is 5.92 Å². The Balaban J connectivity index is 2.83. The van der Waals surface area contributed by atoms with Crippen molar-refractivity contribution in [3.63, 3.8) is 0 Å². The van der Waals surface area contributed by atoms with Crippen LogP contribution in [0.5, 0.6) is 0 Å². The van der Waals surface area contributed by atoms with Gasteiger partial charge in [0.1, 0.15) is 18.1 Å². The Labute approximate surface area is 124 Å². The predicted molar refractivity (Wildman–Crippen MR) is 83.8 cm³/mol. The molecular formula is C17H31NO2. The highest BCUT2D eigenvalue weighted by atomic mass is 16.5. The maximum Gasteiger partial charge on any atom is 0.129 e. The van der Waals surface area contributed by atoms with Gasteiger partial charge in [-0.3, -0.25) is 0 Å². The molecule has 0 aliphatic rings. The highest BCUT2D eigenvalue weighted by Crippen LogP contribution is 2.31. The summed E-state index contributed by atoms with van der Waals surface area (Å²) in [5, 5.41) is 3.68. The van der Waals surface area contributed by atoms with E-state index in [2.05, 4.69) is 32.2 Å². The van der Waals surface area contributed by atoms with E-state index in [4.69, 9.17) is 9.15 Å². The standard InChI is InChI=1S/C17H31NO2/c1-5-8-14(9-6-2)17(18-12-7-3)16-11-10-15(20-16)13-19-4/h10-11,14,17-18H,5-9,12-13H2,1-4H3. The maximum atomic E-state index is 5.97. The molecule has 0 amide bonds. The Bertz CT molecular complexity index is 343. The van der Waals surface area contributed by atoms with Gasteiger partial charge in [0.05, 0.1) is 6.04 Å². The van der Waals surface area contributed by atoms with E-state index in [1.807, 2.05) is 6.07 Å². The minimum absolute atomic E-state index is 0.334. The number of methoxy groups -OCH3 is 1.